The van der Waals surface area contributed by atoms with Gasteiger partial charge in [0.05, 0.1) is 13.0 Å². The maximum absolute atomic E-state index is 11.4. The minimum absolute atomic E-state index is 0.00769. The van der Waals surface area contributed by atoms with Crippen LogP contribution in [0, 0.1) is 5.92 Å². The minimum Gasteiger partial charge on any atom is -0.466 e. The van der Waals surface area contributed by atoms with Crippen molar-refractivity contribution in [1.29, 1.82) is 0 Å². The van der Waals surface area contributed by atoms with Crippen molar-refractivity contribution in [3.8, 4) is 0 Å². The maximum Gasteiger partial charge on any atom is 0.307 e. The zero-order valence-corrected chi connectivity index (χ0v) is 9.43. The zero-order valence-electron chi connectivity index (χ0n) is 9.43. The average Bonchev–Trinajstić information content (AvgIpc) is 2.49. The molecule has 0 amide bonds. The van der Waals surface area contributed by atoms with Gasteiger partial charge in [0, 0.05) is 5.54 Å². The Hall–Kier alpha value is -0.570. The summed E-state index contributed by atoms with van der Waals surface area (Å²) in [6.07, 6.45) is 4.02. The van der Waals surface area contributed by atoms with Crippen LogP contribution < -0.4 is 5.32 Å². The molecular formula is C11H21NO2. The van der Waals surface area contributed by atoms with E-state index in [0.717, 1.165) is 6.42 Å². The first-order valence-electron chi connectivity index (χ1n) is 5.49. The highest BCUT2D eigenvalue weighted by Gasteiger charge is 2.40. The molecule has 0 heterocycles. The molecule has 0 radical (unpaired) electrons. The van der Waals surface area contributed by atoms with Gasteiger partial charge in [-0.05, 0) is 32.7 Å². The Kier molecular flexibility index (Phi) is 3.93. The lowest BCUT2D eigenvalue weighted by Gasteiger charge is -2.32. The molecule has 0 spiro atoms. The Morgan fingerprint density at radius 1 is 1.64 bits per heavy atom. The number of hydrogen-bond acceptors (Lipinski definition) is 3. The van der Waals surface area contributed by atoms with Crippen molar-refractivity contribution in [2.45, 2.75) is 45.1 Å². The topological polar surface area (TPSA) is 38.3 Å². The Morgan fingerprint density at radius 3 is 2.79 bits per heavy atom. The van der Waals surface area contributed by atoms with Crippen LogP contribution in [-0.4, -0.2) is 25.2 Å². The summed E-state index contributed by atoms with van der Waals surface area (Å²) in [5.74, 6) is 0.493. The van der Waals surface area contributed by atoms with Gasteiger partial charge < -0.3 is 10.1 Å². The monoisotopic (exact) mass is 199 g/mol. The summed E-state index contributed by atoms with van der Waals surface area (Å²) in [5, 5.41) is 3.32. The van der Waals surface area contributed by atoms with Crippen molar-refractivity contribution in [3.05, 3.63) is 0 Å². The van der Waals surface area contributed by atoms with E-state index in [9.17, 15) is 4.79 Å². The van der Waals surface area contributed by atoms with E-state index >= 15 is 0 Å². The van der Waals surface area contributed by atoms with E-state index in [2.05, 4.69) is 12.2 Å². The first kappa shape index (κ1) is 11.5. The van der Waals surface area contributed by atoms with Crippen LogP contribution in [0.25, 0.3) is 0 Å². The van der Waals surface area contributed by atoms with Gasteiger partial charge in [-0.3, -0.25) is 4.79 Å². The van der Waals surface area contributed by atoms with Crippen LogP contribution in [0.4, 0.5) is 0 Å². The third-order valence-electron chi connectivity index (χ3n) is 3.47. The predicted octanol–water partition coefficient (Wildman–Crippen LogP) is 1.72. The van der Waals surface area contributed by atoms with E-state index in [1.807, 2.05) is 14.0 Å². The largest absolute Gasteiger partial charge is 0.466 e. The second-order valence-corrected chi connectivity index (χ2v) is 4.18. The third kappa shape index (κ3) is 2.27. The van der Waals surface area contributed by atoms with Crippen LogP contribution in [0.2, 0.25) is 0 Å². The molecule has 1 aliphatic rings. The molecular weight excluding hydrogens is 178 g/mol. The van der Waals surface area contributed by atoms with Crippen molar-refractivity contribution in [3.63, 3.8) is 0 Å². The van der Waals surface area contributed by atoms with Crippen LogP contribution in [-0.2, 0) is 9.53 Å². The second kappa shape index (κ2) is 4.78. The molecule has 0 aromatic heterocycles. The normalized spacial score (nSPS) is 31.8. The van der Waals surface area contributed by atoms with Gasteiger partial charge in [0.2, 0.25) is 0 Å². The minimum atomic E-state index is -0.0735. The molecule has 14 heavy (non-hydrogen) atoms. The van der Waals surface area contributed by atoms with Gasteiger partial charge in [0.1, 0.15) is 0 Å². The molecule has 1 rings (SSSR count). The predicted molar refractivity (Wildman–Crippen MR) is 56.1 cm³/mol. The van der Waals surface area contributed by atoms with Gasteiger partial charge in [-0.25, -0.2) is 0 Å². The lowest BCUT2D eigenvalue weighted by molar-refractivity contribution is -0.145. The number of esters is 1. The summed E-state index contributed by atoms with van der Waals surface area (Å²) in [6, 6.07) is 0. The lowest BCUT2D eigenvalue weighted by Crippen LogP contribution is -2.47. The molecule has 0 aliphatic heterocycles. The fraction of sp³-hybridized carbons (Fsp3) is 0.909. The van der Waals surface area contributed by atoms with E-state index < -0.39 is 0 Å². The van der Waals surface area contributed by atoms with Crippen LogP contribution in [0.15, 0.2) is 0 Å². The first-order chi connectivity index (χ1) is 6.64. The van der Waals surface area contributed by atoms with E-state index in [1.54, 1.807) is 0 Å². The molecule has 1 fully saturated rings. The van der Waals surface area contributed by atoms with Crippen LogP contribution in [0.3, 0.4) is 0 Å². The van der Waals surface area contributed by atoms with Gasteiger partial charge in [-0.1, -0.05) is 13.3 Å². The highest BCUT2D eigenvalue weighted by atomic mass is 16.5. The summed E-state index contributed by atoms with van der Waals surface area (Å²) in [6.45, 7) is 4.54. The third-order valence-corrected chi connectivity index (χ3v) is 3.47. The maximum atomic E-state index is 11.4. The van der Waals surface area contributed by atoms with Gasteiger partial charge in [0.15, 0.2) is 0 Å². The molecule has 3 heteroatoms. The SMILES string of the molecule is CCOC(=O)CC1(NC)CCCC1C. The van der Waals surface area contributed by atoms with Gasteiger partial charge in [-0.15, -0.1) is 0 Å². The summed E-state index contributed by atoms with van der Waals surface area (Å²) >= 11 is 0. The van der Waals surface area contributed by atoms with Crippen LogP contribution in [0.1, 0.15) is 39.5 Å². The molecule has 3 nitrogen and oxygen atoms in total. The van der Waals surface area contributed by atoms with Crippen LogP contribution >= 0.6 is 0 Å². The van der Waals surface area contributed by atoms with E-state index in [-0.39, 0.29) is 11.5 Å². The number of carbonyl (C=O) groups excluding carboxylic acids is 1. The van der Waals surface area contributed by atoms with Gasteiger partial charge >= 0.3 is 5.97 Å². The van der Waals surface area contributed by atoms with Crippen molar-refractivity contribution in [2.24, 2.45) is 5.92 Å². The zero-order chi connectivity index (χ0) is 10.6. The molecule has 1 N–H and O–H groups in total. The van der Waals surface area contributed by atoms with Crippen molar-refractivity contribution < 1.29 is 9.53 Å². The van der Waals surface area contributed by atoms with E-state index in [4.69, 9.17) is 4.74 Å². The van der Waals surface area contributed by atoms with E-state index in [0.29, 0.717) is 18.9 Å². The highest BCUT2D eigenvalue weighted by molar-refractivity contribution is 5.71. The summed E-state index contributed by atoms with van der Waals surface area (Å²) in [7, 11) is 1.95. The fourth-order valence-corrected chi connectivity index (χ4v) is 2.44. The number of carbonyl (C=O) groups is 1. The molecule has 0 aromatic rings. The molecule has 0 saturated heterocycles. The van der Waals surface area contributed by atoms with Gasteiger partial charge in [-0.2, -0.15) is 0 Å². The Labute approximate surface area is 86.2 Å². The summed E-state index contributed by atoms with van der Waals surface area (Å²) in [4.78, 5) is 11.4. The van der Waals surface area contributed by atoms with Crippen LogP contribution in [0.5, 0.6) is 0 Å². The lowest BCUT2D eigenvalue weighted by atomic mass is 9.85. The Morgan fingerprint density at radius 2 is 2.36 bits per heavy atom. The number of rotatable bonds is 4. The first-order valence-corrected chi connectivity index (χ1v) is 5.49. The van der Waals surface area contributed by atoms with Gasteiger partial charge in [0.25, 0.3) is 0 Å². The van der Waals surface area contributed by atoms with E-state index in [1.165, 1.54) is 12.8 Å². The molecule has 0 bridgehead atoms. The molecule has 2 unspecified atom stereocenters. The van der Waals surface area contributed by atoms with Crippen molar-refractivity contribution in [1.82, 2.24) is 5.32 Å². The average molecular weight is 199 g/mol. The van der Waals surface area contributed by atoms with Crippen molar-refractivity contribution in [2.75, 3.05) is 13.7 Å². The Bertz CT molecular complexity index is 205. The number of hydrogen-bond donors (Lipinski definition) is 1. The molecule has 82 valence electrons. The quantitative estimate of drug-likeness (QED) is 0.701. The smallest absolute Gasteiger partial charge is 0.307 e. The standard InChI is InChI=1S/C11H21NO2/c1-4-14-10(13)8-11(12-3)7-5-6-9(11)2/h9,12H,4-8H2,1-3H3. The fourth-order valence-electron chi connectivity index (χ4n) is 2.44. The highest BCUT2D eigenvalue weighted by Crippen LogP contribution is 2.37. The molecule has 1 aliphatic carbocycles. The molecule has 1 saturated carbocycles. The Balaban J connectivity index is 2.57. The molecule has 2 atom stereocenters. The molecule has 0 aromatic carbocycles. The summed E-state index contributed by atoms with van der Waals surface area (Å²) in [5.41, 5.74) is -0.00769. The number of ether oxygens (including phenoxy) is 1. The van der Waals surface area contributed by atoms with Crippen molar-refractivity contribution >= 4 is 5.97 Å². The second-order valence-electron chi connectivity index (χ2n) is 4.18. The summed E-state index contributed by atoms with van der Waals surface area (Å²) < 4.78 is 5.00. The number of nitrogens with one attached hydrogen (secondary N) is 1.